The van der Waals surface area contributed by atoms with Gasteiger partial charge in [0.1, 0.15) is 11.9 Å². The standard InChI is InChI=1S/C32H32N4O3S2/c1-40-24-16-14-21(15-17-24)30(39)27(20-38)34-31-25-10-4-5-11-26(25)35-32(36-31)33-18-22-8-2-6-12-28(22)41-29-13-7-3-9-23(29)19-37/h2-17,27,30,37-39H,18-20H2,1H3,(H2,33,34,35,36)/t27?,30-/m0/s1. The first-order valence-corrected chi connectivity index (χ1v) is 15.3. The van der Waals surface area contributed by atoms with Gasteiger partial charge in [-0.15, -0.1) is 11.8 Å². The Balaban J connectivity index is 1.38. The highest BCUT2D eigenvalue weighted by Crippen LogP contribution is 2.33. The van der Waals surface area contributed by atoms with Gasteiger partial charge in [-0.3, -0.25) is 0 Å². The lowest BCUT2D eigenvalue weighted by Crippen LogP contribution is -2.31. The highest BCUT2D eigenvalue weighted by molar-refractivity contribution is 7.99. The second-order valence-electron chi connectivity index (χ2n) is 9.39. The van der Waals surface area contributed by atoms with E-state index in [1.165, 1.54) is 0 Å². The summed E-state index contributed by atoms with van der Waals surface area (Å²) in [6, 6.07) is 30.6. The lowest BCUT2D eigenvalue weighted by atomic mass is 10.0. The number of nitrogens with one attached hydrogen (secondary N) is 2. The number of thioether (sulfide) groups is 1. The number of benzene rings is 4. The van der Waals surface area contributed by atoms with Crippen LogP contribution in [-0.4, -0.2) is 44.2 Å². The molecule has 4 aromatic carbocycles. The van der Waals surface area contributed by atoms with Crippen LogP contribution in [0.25, 0.3) is 10.9 Å². The largest absolute Gasteiger partial charge is 0.394 e. The normalized spacial score (nSPS) is 12.7. The van der Waals surface area contributed by atoms with Crippen LogP contribution >= 0.6 is 23.5 Å². The molecular weight excluding hydrogens is 553 g/mol. The minimum Gasteiger partial charge on any atom is -0.394 e. The van der Waals surface area contributed by atoms with E-state index in [-0.39, 0.29) is 13.2 Å². The summed E-state index contributed by atoms with van der Waals surface area (Å²) in [5, 5.41) is 38.5. The van der Waals surface area contributed by atoms with Crippen LogP contribution in [0.1, 0.15) is 22.8 Å². The molecule has 1 heterocycles. The summed E-state index contributed by atoms with van der Waals surface area (Å²) in [6.07, 6.45) is 1.06. The van der Waals surface area contributed by atoms with Gasteiger partial charge in [-0.25, -0.2) is 4.98 Å². The second-order valence-corrected chi connectivity index (χ2v) is 11.4. The summed E-state index contributed by atoms with van der Waals surface area (Å²) in [7, 11) is 0. The molecular formula is C32H32N4O3S2. The number of aliphatic hydroxyl groups is 3. The van der Waals surface area contributed by atoms with Gasteiger partial charge in [0.25, 0.3) is 0 Å². The van der Waals surface area contributed by atoms with Crippen molar-refractivity contribution in [3.05, 3.63) is 114 Å². The molecule has 5 N–H and O–H groups in total. The van der Waals surface area contributed by atoms with Gasteiger partial charge in [0.15, 0.2) is 0 Å². The first kappa shape index (κ1) is 28.9. The zero-order valence-electron chi connectivity index (χ0n) is 22.6. The number of aromatic nitrogens is 2. The molecule has 9 heteroatoms. The third-order valence-electron chi connectivity index (χ3n) is 6.73. The van der Waals surface area contributed by atoms with Crippen LogP contribution in [-0.2, 0) is 13.2 Å². The molecule has 7 nitrogen and oxygen atoms in total. The Morgan fingerprint density at radius 2 is 1.44 bits per heavy atom. The quantitative estimate of drug-likeness (QED) is 0.111. The van der Waals surface area contributed by atoms with Crippen molar-refractivity contribution >= 4 is 46.2 Å². The number of fused-ring (bicyclic) bond motifs is 1. The molecule has 41 heavy (non-hydrogen) atoms. The summed E-state index contributed by atoms with van der Waals surface area (Å²) in [5.41, 5.74) is 3.40. The number of anilines is 2. The van der Waals surface area contributed by atoms with Crippen molar-refractivity contribution in [2.24, 2.45) is 0 Å². The number of hydrogen-bond acceptors (Lipinski definition) is 9. The fourth-order valence-corrected chi connectivity index (χ4v) is 5.95. The van der Waals surface area contributed by atoms with Gasteiger partial charge in [-0.05, 0) is 59.3 Å². The zero-order chi connectivity index (χ0) is 28.6. The molecule has 0 aliphatic heterocycles. The molecule has 1 unspecified atom stereocenters. The van der Waals surface area contributed by atoms with E-state index in [2.05, 4.69) is 22.8 Å². The van der Waals surface area contributed by atoms with E-state index in [0.29, 0.717) is 23.9 Å². The molecule has 0 aliphatic rings. The summed E-state index contributed by atoms with van der Waals surface area (Å²) in [5.74, 6) is 0.953. The van der Waals surface area contributed by atoms with Crippen molar-refractivity contribution in [3.8, 4) is 0 Å². The number of hydrogen-bond donors (Lipinski definition) is 5. The third-order valence-corrected chi connectivity index (χ3v) is 8.71. The van der Waals surface area contributed by atoms with Crippen LogP contribution in [0.5, 0.6) is 0 Å². The maximum Gasteiger partial charge on any atom is 0.225 e. The fourth-order valence-electron chi connectivity index (χ4n) is 4.48. The molecule has 5 rings (SSSR count). The Bertz CT molecular complexity index is 1600. The van der Waals surface area contributed by atoms with Crippen LogP contribution in [0.3, 0.4) is 0 Å². The molecule has 0 saturated carbocycles. The SMILES string of the molecule is CSc1ccc([C@H](O)C(CO)Nc2nc(NCc3ccccc3Sc3ccccc3CO)nc3ccccc23)cc1. The molecule has 0 amide bonds. The number of rotatable bonds is 12. The molecule has 210 valence electrons. The maximum atomic E-state index is 11.1. The van der Waals surface area contributed by atoms with Crippen LogP contribution in [0, 0.1) is 0 Å². The summed E-state index contributed by atoms with van der Waals surface area (Å²) in [6.45, 7) is 0.180. The molecule has 0 aliphatic carbocycles. The van der Waals surface area contributed by atoms with Crippen LogP contribution in [0.15, 0.2) is 112 Å². The van der Waals surface area contributed by atoms with Crippen molar-refractivity contribution in [1.82, 2.24) is 9.97 Å². The maximum absolute atomic E-state index is 11.1. The first-order chi connectivity index (χ1) is 20.1. The highest BCUT2D eigenvalue weighted by atomic mass is 32.2. The van der Waals surface area contributed by atoms with E-state index in [0.717, 1.165) is 36.7 Å². The first-order valence-electron chi connectivity index (χ1n) is 13.2. The number of nitrogens with zero attached hydrogens (tertiary/aromatic N) is 2. The van der Waals surface area contributed by atoms with Crippen molar-refractivity contribution in [3.63, 3.8) is 0 Å². The van der Waals surface area contributed by atoms with Crippen molar-refractivity contribution in [2.75, 3.05) is 23.5 Å². The van der Waals surface area contributed by atoms with E-state index in [9.17, 15) is 15.3 Å². The predicted molar refractivity (Wildman–Crippen MR) is 167 cm³/mol. The fraction of sp³-hybridized carbons (Fsp3) is 0.188. The van der Waals surface area contributed by atoms with Gasteiger partial charge >= 0.3 is 0 Å². The minimum atomic E-state index is -0.938. The van der Waals surface area contributed by atoms with E-state index >= 15 is 0 Å². The Hall–Kier alpha value is -3.60. The molecule has 2 atom stereocenters. The highest BCUT2D eigenvalue weighted by Gasteiger charge is 2.22. The Labute approximate surface area is 248 Å². The minimum absolute atomic E-state index is 0.0169. The average Bonchev–Trinajstić information content (AvgIpc) is 3.03. The summed E-state index contributed by atoms with van der Waals surface area (Å²) >= 11 is 3.24. The molecule has 0 bridgehead atoms. The zero-order valence-corrected chi connectivity index (χ0v) is 24.2. The third kappa shape index (κ3) is 7.01. The lowest BCUT2D eigenvalue weighted by molar-refractivity contribution is 0.118. The topological polar surface area (TPSA) is 111 Å². The Kier molecular flexibility index (Phi) is 9.76. The smallest absolute Gasteiger partial charge is 0.225 e. The van der Waals surface area contributed by atoms with E-state index in [4.69, 9.17) is 9.97 Å². The van der Waals surface area contributed by atoms with Crippen LogP contribution < -0.4 is 10.6 Å². The second kappa shape index (κ2) is 13.8. The van der Waals surface area contributed by atoms with E-state index < -0.39 is 12.1 Å². The summed E-state index contributed by atoms with van der Waals surface area (Å²) < 4.78 is 0. The van der Waals surface area contributed by atoms with Gasteiger partial charge in [0.2, 0.25) is 5.95 Å². The van der Waals surface area contributed by atoms with Gasteiger partial charge in [0.05, 0.1) is 24.8 Å². The van der Waals surface area contributed by atoms with Crippen molar-refractivity contribution in [1.29, 1.82) is 0 Å². The van der Waals surface area contributed by atoms with Gasteiger partial charge in [-0.1, -0.05) is 72.4 Å². The van der Waals surface area contributed by atoms with Crippen LogP contribution in [0.2, 0.25) is 0 Å². The molecule has 0 saturated heterocycles. The van der Waals surface area contributed by atoms with E-state index in [1.807, 2.05) is 91.2 Å². The summed E-state index contributed by atoms with van der Waals surface area (Å²) in [4.78, 5) is 12.6. The van der Waals surface area contributed by atoms with Crippen LogP contribution in [0.4, 0.5) is 11.8 Å². The van der Waals surface area contributed by atoms with Crippen molar-refractivity contribution in [2.45, 2.75) is 40.0 Å². The van der Waals surface area contributed by atoms with Gasteiger partial charge in [0, 0.05) is 26.6 Å². The molecule has 0 fully saturated rings. The van der Waals surface area contributed by atoms with Crippen molar-refractivity contribution < 1.29 is 15.3 Å². The van der Waals surface area contributed by atoms with E-state index in [1.54, 1.807) is 23.5 Å². The molecule has 5 aromatic rings. The molecule has 1 aromatic heterocycles. The Morgan fingerprint density at radius 1 is 0.780 bits per heavy atom. The van der Waals surface area contributed by atoms with Gasteiger partial charge in [-0.2, -0.15) is 4.98 Å². The average molecular weight is 585 g/mol. The number of aliphatic hydroxyl groups excluding tert-OH is 3. The monoisotopic (exact) mass is 584 g/mol. The van der Waals surface area contributed by atoms with Gasteiger partial charge < -0.3 is 26.0 Å². The Morgan fingerprint density at radius 3 is 2.15 bits per heavy atom. The lowest BCUT2D eigenvalue weighted by Gasteiger charge is -2.24. The number of para-hydroxylation sites is 1. The predicted octanol–water partition coefficient (Wildman–Crippen LogP) is 6.11. The molecule has 0 spiro atoms. The molecule has 0 radical (unpaired) electrons.